The molecule has 4 heteroatoms. The Balaban J connectivity index is 2.04. The van der Waals surface area contributed by atoms with Gasteiger partial charge in [0.05, 0.1) is 18.2 Å². The van der Waals surface area contributed by atoms with Crippen molar-refractivity contribution in [3.63, 3.8) is 0 Å². The standard InChI is InChI=1S/C17H25N3O/c1-5-6-18-9-15-7-13(2)17(14(3)8-15)21-11-16-10-19-12-20(16)4/h7-8,10,12,18H,5-6,9,11H2,1-4H3. The van der Waals surface area contributed by atoms with E-state index in [2.05, 4.69) is 43.2 Å². The van der Waals surface area contributed by atoms with Crippen LogP contribution in [0.1, 0.15) is 35.7 Å². The largest absolute Gasteiger partial charge is 0.487 e. The van der Waals surface area contributed by atoms with E-state index in [1.807, 2.05) is 17.8 Å². The molecule has 0 unspecified atom stereocenters. The molecule has 0 amide bonds. The quantitative estimate of drug-likeness (QED) is 0.795. The molecule has 2 aromatic rings. The molecule has 0 fully saturated rings. The Bertz CT molecular complexity index is 566. The first-order valence-electron chi connectivity index (χ1n) is 7.50. The number of rotatable bonds is 7. The van der Waals surface area contributed by atoms with Crippen LogP contribution >= 0.6 is 0 Å². The first-order valence-corrected chi connectivity index (χ1v) is 7.50. The van der Waals surface area contributed by atoms with Crippen LogP contribution < -0.4 is 10.1 Å². The maximum atomic E-state index is 5.99. The number of imidazole rings is 1. The van der Waals surface area contributed by atoms with Crippen LogP contribution in [0.4, 0.5) is 0 Å². The predicted octanol–water partition coefficient (Wildman–Crippen LogP) is 3.12. The van der Waals surface area contributed by atoms with Crippen LogP contribution in [0.15, 0.2) is 24.7 Å². The van der Waals surface area contributed by atoms with Gasteiger partial charge in [0, 0.05) is 13.6 Å². The third-order valence-corrected chi connectivity index (χ3v) is 3.56. The van der Waals surface area contributed by atoms with Crippen molar-refractivity contribution in [1.82, 2.24) is 14.9 Å². The van der Waals surface area contributed by atoms with Gasteiger partial charge in [-0.05, 0) is 43.5 Å². The minimum atomic E-state index is 0.547. The van der Waals surface area contributed by atoms with Gasteiger partial charge in [0.15, 0.2) is 0 Å². The molecule has 0 atom stereocenters. The number of aryl methyl sites for hydroxylation is 3. The van der Waals surface area contributed by atoms with Crippen molar-refractivity contribution in [1.29, 1.82) is 0 Å². The lowest BCUT2D eigenvalue weighted by Gasteiger charge is -2.14. The molecule has 0 aliphatic carbocycles. The Morgan fingerprint density at radius 3 is 2.52 bits per heavy atom. The van der Waals surface area contributed by atoms with Crippen molar-refractivity contribution in [3.05, 3.63) is 47.0 Å². The molecule has 0 radical (unpaired) electrons. The van der Waals surface area contributed by atoms with Crippen molar-refractivity contribution in [2.75, 3.05) is 6.54 Å². The predicted molar refractivity (Wildman–Crippen MR) is 85.5 cm³/mol. The highest BCUT2D eigenvalue weighted by molar-refractivity contribution is 5.43. The minimum absolute atomic E-state index is 0.547. The molecule has 0 bridgehead atoms. The lowest BCUT2D eigenvalue weighted by molar-refractivity contribution is 0.293. The summed E-state index contributed by atoms with van der Waals surface area (Å²) < 4.78 is 7.97. The van der Waals surface area contributed by atoms with Gasteiger partial charge in [0.25, 0.3) is 0 Å². The molecule has 0 aliphatic rings. The van der Waals surface area contributed by atoms with E-state index in [0.29, 0.717) is 6.61 Å². The van der Waals surface area contributed by atoms with Crippen molar-refractivity contribution in [3.8, 4) is 5.75 Å². The van der Waals surface area contributed by atoms with Crippen LogP contribution in [0.3, 0.4) is 0 Å². The Hall–Kier alpha value is -1.81. The van der Waals surface area contributed by atoms with Crippen LogP contribution in [-0.2, 0) is 20.2 Å². The average Bonchev–Trinajstić information content (AvgIpc) is 2.84. The maximum absolute atomic E-state index is 5.99. The molecule has 114 valence electrons. The van der Waals surface area contributed by atoms with Gasteiger partial charge < -0.3 is 14.6 Å². The van der Waals surface area contributed by atoms with Gasteiger partial charge in [-0.25, -0.2) is 4.98 Å². The van der Waals surface area contributed by atoms with Gasteiger partial charge in [0.1, 0.15) is 12.4 Å². The molecule has 0 saturated heterocycles. The second-order valence-corrected chi connectivity index (χ2v) is 5.52. The molecule has 0 aliphatic heterocycles. The summed E-state index contributed by atoms with van der Waals surface area (Å²) in [5.74, 6) is 0.982. The molecule has 0 saturated carbocycles. The SMILES string of the molecule is CCCNCc1cc(C)c(OCc2cncn2C)c(C)c1. The summed E-state index contributed by atoms with van der Waals surface area (Å²) in [5, 5.41) is 3.43. The monoisotopic (exact) mass is 287 g/mol. The second-order valence-electron chi connectivity index (χ2n) is 5.52. The molecular weight excluding hydrogens is 262 g/mol. The summed E-state index contributed by atoms with van der Waals surface area (Å²) in [6.45, 7) is 8.91. The molecule has 1 aromatic carbocycles. The zero-order chi connectivity index (χ0) is 15.2. The van der Waals surface area contributed by atoms with Crippen molar-refractivity contribution in [2.24, 2.45) is 7.05 Å². The Labute approximate surface area is 127 Å². The molecule has 0 spiro atoms. The molecule has 2 rings (SSSR count). The minimum Gasteiger partial charge on any atom is -0.487 e. The first kappa shape index (κ1) is 15.6. The summed E-state index contributed by atoms with van der Waals surface area (Å²) in [6, 6.07) is 4.41. The lowest BCUT2D eigenvalue weighted by atomic mass is 10.1. The van der Waals surface area contributed by atoms with Crippen LogP contribution in [0.25, 0.3) is 0 Å². The number of nitrogens with one attached hydrogen (secondary N) is 1. The molecule has 1 heterocycles. The van der Waals surface area contributed by atoms with Crippen molar-refractivity contribution >= 4 is 0 Å². The van der Waals surface area contributed by atoms with Crippen LogP contribution in [0.2, 0.25) is 0 Å². The van der Waals surface area contributed by atoms with E-state index in [1.54, 1.807) is 6.33 Å². The number of nitrogens with zero attached hydrogens (tertiary/aromatic N) is 2. The first-order chi connectivity index (χ1) is 10.1. The van der Waals surface area contributed by atoms with Gasteiger partial charge in [0.2, 0.25) is 0 Å². The summed E-state index contributed by atoms with van der Waals surface area (Å²) in [6.07, 6.45) is 4.79. The zero-order valence-corrected chi connectivity index (χ0v) is 13.4. The molecule has 21 heavy (non-hydrogen) atoms. The Kier molecular flexibility index (Phi) is 5.39. The van der Waals surface area contributed by atoms with E-state index < -0.39 is 0 Å². The fourth-order valence-electron chi connectivity index (χ4n) is 2.45. The topological polar surface area (TPSA) is 39.1 Å². The van der Waals surface area contributed by atoms with Gasteiger partial charge in [-0.2, -0.15) is 0 Å². The summed E-state index contributed by atoms with van der Waals surface area (Å²) in [7, 11) is 1.98. The smallest absolute Gasteiger partial charge is 0.130 e. The third-order valence-electron chi connectivity index (χ3n) is 3.56. The zero-order valence-electron chi connectivity index (χ0n) is 13.4. The highest BCUT2D eigenvalue weighted by atomic mass is 16.5. The Morgan fingerprint density at radius 2 is 1.95 bits per heavy atom. The maximum Gasteiger partial charge on any atom is 0.130 e. The van der Waals surface area contributed by atoms with Gasteiger partial charge in [-0.15, -0.1) is 0 Å². The van der Waals surface area contributed by atoms with Crippen LogP contribution in [0.5, 0.6) is 5.75 Å². The lowest BCUT2D eigenvalue weighted by Crippen LogP contribution is -2.14. The highest BCUT2D eigenvalue weighted by Crippen LogP contribution is 2.25. The van der Waals surface area contributed by atoms with Crippen molar-refractivity contribution < 1.29 is 4.74 Å². The summed E-state index contributed by atoms with van der Waals surface area (Å²) >= 11 is 0. The van der Waals surface area contributed by atoms with Crippen molar-refractivity contribution in [2.45, 2.75) is 40.3 Å². The van der Waals surface area contributed by atoms with Gasteiger partial charge in [-0.1, -0.05) is 19.1 Å². The molecule has 1 N–H and O–H groups in total. The van der Waals surface area contributed by atoms with E-state index in [1.165, 1.54) is 16.7 Å². The number of benzene rings is 1. The van der Waals surface area contributed by atoms with Gasteiger partial charge in [-0.3, -0.25) is 0 Å². The van der Waals surface area contributed by atoms with Crippen LogP contribution in [0, 0.1) is 13.8 Å². The Morgan fingerprint density at radius 1 is 1.24 bits per heavy atom. The third kappa shape index (κ3) is 4.08. The summed E-state index contributed by atoms with van der Waals surface area (Å²) in [5.41, 5.74) is 4.75. The molecule has 1 aromatic heterocycles. The fraction of sp³-hybridized carbons (Fsp3) is 0.471. The number of aromatic nitrogens is 2. The highest BCUT2D eigenvalue weighted by Gasteiger charge is 2.08. The molecular formula is C17H25N3O. The number of ether oxygens (including phenoxy) is 1. The van der Waals surface area contributed by atoms with E-state index >= 15 is 0 Å². The van der Waals surface area contributed by atoms with E-state index in [-0.39, 0.29) is 0 Å². The number of hydrogen-bond donors (Lipinski definition) is 1. The summed E-state index contributed by atoms with van der Waals surface area (Å²) in [4.78, 5) is 4.11. The molecule has 4 nitrogen and oxygen atoms in total. The second kappa shape index (κ2) is 7.27. The fourth-order valence-corrected chi connectivity index (χ4v) is 2.45. The normalized spacial score (nSPS) is 10.9. The van der Waals surface area contributed by atoms with E-state index in [0.717, 1.165) is 31.0 Å². The van der Waals surface area contributed by atoms with Crippen LogP contribution in [-0.4, -0.2) is 16.1 Å². The van der Waals surface area contributed by atoms with Gasteiger partial charge >= 0.3 is 0 Å². The average molecular weight is 287 g/mol. The van der Waals surface area contributed by atoms with E-state index in [4.69, 9.17) is 4.74 Å². The van der Waals surface area contributed by atoms with E-state index in [9.17, 15) is 0 Å². The number of hydrogen-bond acceptors (Lipinski definition) is 3.